The summed E-state index contributed by atoms with van der Waals surface area (Å²) in [7, 11) is 1.69. The van der Waals surface area contributed by atoms with E-state index in [1.165, 1.54) is 0 Å². The third-order valence-electron chi connectivity index (χ3n) is 2.88. The van der Waals surface area contributed by atoms with E-state index in [1.807, 2.05) is 6.92 Å². The van der Waals surface area contributed by atoms with Crippen LogP contribution in [0.3, 0.4) is 0 Å². The van der Waals surface area contributed by atoms with E-state index in [0.717, 1.165) is 0 Å². The van der Waals surface area contributed by atoms with Crippen LogP contribution >= 0.6 is 0 Å². The van der Waals surface area contributed by atoms with Gasteiger partial charge in [0.1, 0.15) is 11.8 Å². The van der Waals surface area contributed by atoms with Crippen LogP contribution in [0.4, 0.5) is 5.69 Å². The Hall–Kier alpha value is -2.24. The minimum atomic E-state index is -0.579. The molecule has 0 radical (unpaired) electrons. The molecule has 1 atom stereocenters. The van der Waals surface area contributed by atoms with Gasteiger partial charge in [0.2, 0.25) is 5.91 Å². The molecular formula is C14H21N3O3. The predicted octanol–water partition coefficient (Wildman–Crippen LogP) is 0.631. The van der Waals surface area contributed by atoms with Gasteiger partial charge in [-0.2, -0.15) is 0 Å². The van der Waals surface area contributed by atoms with Gasteiger partial charge in [0.05, 0.1) is 5.69 Å². The highest BCUT2D eigenvalue weighted by atomic mass is 16.5. The summed E-state index contributed by atoms with van der Waals surface area (Å²) >= 11 is 0. The first kappa shape index (κ1) is 15.8. The summed E-state index contributed by atoms with van der Waals surface area (Å²) < 4.78 is 5.30. The first-order valence-corrected chi connectivity index (χ1v) is 6.47. The SMILES string of the molecule is CCN(C)C(=O)C(C)NC(=O)COc1ccccc1N. The van der Waals surface area contributed by atoms with E-state index in [-0.39, 0.29) is 18.4 Å². The van der Waals surface area contributed by atoms with Crippen molar-refractivity contribution in [3.8, 4) is 5.75 Å². The highest BCUT2D eigenvalue weighted by Gasteiger charge is 2.18. The summed E-state index contributed by atoms with van der Waals surface area (Å²) in [5.74, 6) is -0.0500. The Balaban J connectivity index is 2.44. The van der Waals surface area contributed by atoms with Crippen molar-refractivity contribution in [2.45, 2.75) is 19.9 Å². The zero-order valence-electron chi connectivity index (χ0n) is 12.1. The van der Waals surface area contributed by atoms with Crippen LogP contribution in [0, 0.1) is 0 Å². The molecule has 110 valence electrons. The quantitative estimate of drug-likeness (QED) is 0.748. The molecule has 3 N–H and O–H groups in total. The lowest BCUT2D eigenvalue weighted by atomic mass is 10.3. The van der Waals surface area contributed by atoms with Gasteiger partial charge in [0.25, 0.3) is 5.91 Å². The van der Waals surface area contributed by atoms with Crippen molar-refractivity contribution in [3.63, 3.8) is 0 Å². The molecular weight excluding hydrogens is 258 g/mol. The number of amides is 2. The Morgan fingerprint density at radius 1 is 1.40 bits per heavy atom. The first-order chi connectivity index (χ1) is 9.45. The molecule has 0 fully saturated rings. The van der Waals surface area contributed by atoms with Crippen LogP contribution in [0.15, 0.2) is 24.3 Å². The number of carbonyl (C=O) groups excluding carboxylic acids is 2. The third kappa shape index (κ3) is 4.46. The number of anilines is 1. The second-order valence-electron chi connectivity index (χ2n) is 4.47. The molecule has 0 bridgehead atoms. The predicted molar refractivity (Wildman–Crippen MR) is 77.3 cm³/mol. The third-order valence-corrected chi connectivity index (χ3v) is 2.88. The van der Waals surface area contributed by atoms with Crippen molar-refractivity contribution in [3.05, 3.63) is 24.3 Å². The standard InChI is InChI=1S/C14H21N3O3/c1-4-17(3)14(19)10(2)16-13(18)9-20-12-8-6-5-7-11(12)15/h5-8,10H,4,9,15H2,1-3H3,(H,16,18). The van der Waals surface area contributed by atoms with Crippen LogP contribution in [0.1, 0.15) is 13.8 Å². The highest BCUT2D eigenvalue weighted by Crippen LogP contribution is 2.19. The number of hydrogen-bond acceptors (Lipinski definition) is 4. The lowest BCUT2D eigenvalue weighted by Gasteiger charge is -2.20. The van der Waals surface area contributed by atoms with Crippen LogP contribution in [0.25, 0.3) is 0 Å². The molecule has 0 saturated carbocycles. The monoisotopic (exact) mass is 279 g/mol. The average molecular weight is 279 g/mol. The average Bonchev–Trinajstić information content (AvgIpc) is 2.44. The van der Waals surface area contributed by atoms with Crippen molar-refractivity contribution in [2.75, 3.05) is 25.9 Å². The van der Waals surface area contributed by atoms with Gasteiger partial charge < -0.3 is 20.7 Å². The van der Waals surface area contributed by atoms with Gasteiger partial charge in [0, 0.05) is 13.6 Å². The van der Waals surface area contributed by atoms with E-state index < -0.39 is 6.04 Å². The van der Waals surface area contributed by atoms with Crippen LogP contribution in [0.5, 0.6) is 5.75 Å². The number of para-hydroxylation sites is 2. The van der Waals surface area contributed by atoms with Gasteiger partial charge in [-0.25, -0.2) is 0 Å². The lowest BCUT2D eigenvalue weighted by Crippen LogP contribution is -2.46. The fourth-order valence-corrected chi connectivity index (χ4v) is 1.59. The van der Waals surface area contributed by atoms with Crippen molar-refractivity contribution in [1.82, 2.24) is 10.2 Å². The summed E-state index contributed by atoms with van der Waals surface area (Å²) in [6, 6.07) is 6.34. The van der Waals surface area contributed by atoms with Gasteiger partial charge in [-0.15, -0.1) is 0 Å². The second-order valence-corrected chi connectivity index (χ2v) is 4.47. The molecule has 0 heterocycles. The van der Waals surface area contributed by atoms with E-state index in [4.69, 9.17) is 10.5 Å². The molecule has 0 aliphatic rings. The normalized spacial score (nSPS) is 11.6. The number of nitrogens with two attached hydrogens (primary N) is 1. The molecule has 6 heteroatoms. The Kier molecular flexibility index (Phi) is 5.83. The van der Waals surface area contributed by atoms with Gasteiger partial charge in [-0.3, -0.25) is 9.59 Å². The largest absolute Gasteiger partial charge is 0.482 e. The van der Waals surface area contributed by atoms with E-state index >= 15 is 0 Å². The number of rotatable bonds is 6. The van der Waals surface area contributed by atoms with Gasteiger partial charge in [-0.1, -0.05) is 12.1 Å². The Morgan fingerprint density at radius 2 is 2.05 bits per heavy atom. The number of benzene rings is 1. The zero-order valence-corrected chi connectivity index (χ0v) is 12.1. The summed E-state index contributed by atoms with van der Waals surface area (Å²) in [6.07, 6.45) is 0. The maximum atomic E-state index is 11.8. The summed E-state index contributed by atoms with van der Waals surface area (Å²) in [5, 5.41) is 2.59. The zero-order chi connectivity index (χ0) is 15.1. The van der Waals surface area contributed by atoms with Gasteiger partial charge in [0.15, 0.2) is 6.61 Å². The molecule has 0 aliphatic carbocycles. The molecule has 6 nitrogen and oxygen atoms in total. The summed E-state index contributed by atoms with van der Waals surface area (Å²) in [5.41, 5.74) is 6.16. The smallest absolute Gasteiger partial charge is 0.258 e. The number of nitrogen functional groups attached to an aromatic ring is 1. The molecule has 1 aromatic carbocycles. The number of nitrogens with one attached hydrogen (secondary N) is 1. The van der Waals surface area contributed by atoms with Gasteiger partial charge >= 0.3 is 0 Å². The van der Waals surface area contributed by atoms with Crippen molar-refractivity contribution in [1.29, 1.82) is 0 Å². The molecule has 0 saturated heterocycles. The maximum absolute atomic E-state index is 11.8. The van der Waals surface area contributed by atoms with Crippen molar-refractivity contribution in [2.24, 2.45) is 0 Å². The fourth-order valence-electron chi connectivity index (χ4n) is 1.59. The molecule has 0 spiro atoms. The second kappa shape index (κ2) is 7.37. The molecule has 1 unspecified atom stereocenters. The van der Waals surface area contributed by atoms with Crippen molar-refractivity contribution >= 4 is 17.5 Å². The van der Waals surface area contributed by atoms with E-state index in [1.54, 1.807) is 43.1 Å². The molecule has 1 aromatic rings. The summed E-state index contributed by atoms with van der Waals surface area (Å²) in [6.45, 7) is 3.93. The van der Waals surface area contributed by atoms with Crippen LogP contribution < -0.4 is 15.8 Å². The van der Waals surface area contributed by atoms with Crippen LogP contribution in [0.2, 0.25) is 0 Å². The minimum absolute atomic E-state index is 0.139. The fraction of sp³-hybridized carbons (Fsp3) is 0.429. The summed E-state index contributed by atoms with van der Waals surface area (Å²) in [4.78, 5) is 25.0. The number of carbonyl (C=O) groups is 2. The van der Waals surface area contributed by atoms with Crippen molar-refractivity contribution < 1.29 is 14.3 Å². The highest BCUT2D eigenvalue weighted by molar-refractivity contribution is 5.87. The minimum Gasteiger partial charge on any atom is -0.482 e. The number of likely N-dealkylation sites (N-methyl/N-ethyl adjacent to an activating group) is 1. The Morgan fingerprint density at radius 3 is 2.65 bits per heavy atom. The van der Waals surface area contributed by atoms with E-state index in [0.29, 0.717) is 18.0 Å². The Labute approximate surface area is 118 Å². The number of nitrogens with zero attached hydrogens (tertiary/aromatic N) is 1. The first-order valence-electron chi connectivity index (χ1n) is 6.47. The molecule has 0 aromatic heterocycles. The topological polar surface area (TPSA) is 84.7 Å². The molecule has 0 aliphatic heterocycles. The molecule has 20 heavy (non-hydrogen) atoms. The van der Waals surface area contributed by atoms with Crippen LogP contribution in [-0.2, 0) is 9.59 Å². The van der Waals surface area contributed by atoms with Crippen LogP contribution in [-0.4, -0.2) is 43.0 Å². The Bertz CT molecular complexity index is 476. The maximum Gasteiger partial charge on any atom is 0.258 e. The number of ether oxygens (including phenoxy) is 1. The number of hydrogen-bond donors (Lipinski definition) is 2. The molecule has 1 rings (SSSR count). The van der Waals surface area contributed by atoms with E-state index in [2.05, 4.69) is 5.32 Å². The van der Waals surface area contributed by atoms with Gasteiger partial charge in [-0.05, 0) is 26.0 Å². The van der Waals surface area contributed by atoms with E-state index in [9.17, 15) is 9.59 Å². The lowest BCUT2D eigenvalue weighted by molar-refractivity contribution is -0.135. The molecule has 2 amide bonds.